The van der Waals surface area contributed by atoms with E-state index >= 15 is 0 Å². The van der Waals surface area contributed by atoms with Gasteiger partial charge in [-0.2, -0.15) is 0 Å². The monoisotopic (exact) mass is 173 g/mol. The van der Waals surface area contributed by atoms with Crippen LogP contribution in [0.4, 0.5) is 0 Å². The smallest absolute Gasteiger partial charge is 0.218 e. The molecular formula is C10H5O3. The van der Waals surface area contributed by atoms with E-state index < -0.39 is 17.5 Å². The molecule has 0 spiro atoms. The number of hydrogen-bond acceptors (Lipinski definition) is 3. The summed E-state index contributed by atoms with van der Waals surface area (Å²) in [7, 11) is 0. The highest BCUT2D eigenvalue weighted by Gasteiger charge is 2.38. The van der Waals surface area contributed by atoms with Gasteiger partial charge in [0.05, 0.1) is 0 Å². The molecule has 0 atom stereocenters. The highest BCUT2D eigenvalue weighted by Crippen LogP contribution is 2.24. The molecule has 0 unspecified atom stereocenters. The molecule has 0 heterocycles. The minimum Gasteiger partial charge on any atom is -0.293 e. The van der Waals surface area contributed by atoms with Crippen LogP contribution in [-0.2, 0) is 4.79 Å². The summed E-state index contributed by atoms with van der Waals surface area (Å²) in [6, 6.07) is 6.42. The van der Waals surface area contributed by atoms with Gasteiger partial charge in [0.1, 0.15) is 0 Å². The number of carbonyl (C=O) groups excluding carboxylic acids is 3. The topological polar surface area (TPSA) is 51.2 Å². The average molecular weight is 173 g/mol. The maximum atomic E-state index is 11.4. The zero-order chi connectivity index (χ0) is 9.42. The van der Waals surface area contributed by atoms with Crippen LogP contribution >= 0.6 is 0 Å². The van der Waals surface area contributed by atoms with Crippen molar-refractivity contribution in [2.45, 2.75) is 0 Å². The molecule has 0 N–H and O–H groups in total. The molecule has 2 rings (SSSR count). The molecule has 3 heteroatoms. The van der Waals surface area contributed by atoms with Crippen LogP contribution in [0.5, 0.6) is 0 Å². The largest absolute Gasteiger partial charge is 0.293 e. The van der Waals surface area contributed by atoms with Crippen molar-refractivity contribution >= 4 is 17.9 Å². The van der Waals surface area contributed by atoms with Crippen molar-refractivity contribution in [2.75, 3.05) is 0 Å². The Balaban J connectivity index is 2.63. The second-order valence-corrected chi connectivity index (χ2v) is 2.82. The van der Waals surface area contributed by atoms with E-state index in [1.54, 1.807) is 24.3 Å². The molecule has 1 aromatic carbocycles. The molecule has 0 bridgehead atoms. The van der Waals surface area contributed by atoms with Gasteiger partial charge in [-0.05, 0) is 0 Å². The number of hydrogen-bond donors (Lipinski definition) is 0. The fourth-order valence-electron chi connectivity index (χ4n) is 1.45. The van der Waals surface area contributed by atoms with Gasteiger partial charge in [-0.3, -0.25) is 14.4 Å². The van der Waals surface area contributed by atoms with E-state index in [4.69, 9.17) is 0 Å². The van der Waals surface area contributed by atoms with Crippen molar-refractivity contribution in [3.05, 3.63) is 35.4 Å². The first kappa shape index (κ1) is 7.86. The van der Waals surface area contributed by atoms with E-state index in [2.05, 4.69) is 0 Å². The molecule has 1 aliphatic carbocycles. The number of carbonyl (C=O) groups is 2. The first-order valence-corrected chi connectivity index (χ1v) is 3.81. The van der Waals surface area contributed by atoms with Crippen molar-refractivity contribution in [3.8, 4) is 0 Å². The molecule has 3 nitrogen and oxygen atoms in total. The van der Waals surface area contributed by atoms with Crippen LogP contribution in [0.3, 0.4) is 0 Å². The lowest BCUT2D eigenvalue weighted by Crippen LogP contribution is -2.15. The number of benzene rings is 1. The Bertz CT molecular complexity index is 371. The van der Waals surface area contributed by atoms with E-state index in [0.717, 1.165) is 0 Å². The summed E-state index contributed by atoms with van der Waals surface area (Å²) >= 11 is 0. The highest BCUT2D eigenvalue weighted by molar-refractivity contribution is 6.32. The molecule has 0 fully saturated rings. The Morgan fingerprint density at radius 1 is 1.00 bits per heavy atom. The van der Waals surface area contributed by atoms with Gasteiger partial charge in [-0.15, -0.1) is 0 Å². The standard InChI is InChI=1S/C10H5O3/c11-5-8-9(12)6-3-1-2-4-7(6)10(8)13/h1-4,8H. The zero-order valence-corrected chi connectivity index (χ0v) is 6.61. The molecule has 13 heavy (non-hydrogen) atoms. The van der Waals surface area contributed by atoms with E-state index in [9.17, 15) is 14.4 Å². The SMILES string of the molecule is O=[C]C1C(=O)c2ccccc2C1=O. The van der Waals surface area contributed by atoms with Crippen molar-refractivity contribution in [2.24, 2.45) is 5.92 Å². The van der Waals surface area contributed by atoms with E-state index in [0.29, 0.717) is 11.1 Å². The predicted octanol–water partition coefficient (Wildman–Crippen LogP) is 0.791. The second kappa shape index (κ2) is 2.62. The minimum absolute atomic E-state index is 0.334. The zero-order valence-electron chi connectivity index (χ0n) is 6.61. The first-order valence-electron chi connectivity index (χ1n) is 3.81. The summed E-state index contributed by atoms with van der Waals surface area (Å²) < 4.78 is 0. The molecule has 0 amide bonds. The number of fused-ring (bicyclic) bond motifs is 1. The Morgan fingerprint density at radius 2 is 1.46 bits per heavy atom. The van der Waals surface area contributed by atoms with E-state index in [-0.39, 0.29) is 0 Å². The molecule has 1 aromatic rings. The third-order valence-electron chi connectivity index (χ3n) is 2.10. The van der Waals surface area contributed by atoms with Gasteiger partial charge in [-0.25, -0.2) is 0 Å². The Morgan fingerprint density at radius 3 is 1.85 bits per heavy atom. The number of rotatable bonds is 1. The lowest BCUT2D eigenvalue weighted by atomic mass is 10.1. The van der Waals surface area contributed by atoms with Crippen molar-refractivity contribution in [3.63, 3.8) is 0 Å². The fraction of sp³-hybridized carbons (Fsp3) is 0.100. The van der Waals surface area contributed by atoms with Gasteiger partial charge < -0.3 is 0 Å². The Kier molecular flexibility index (Phi) is 1.59. The van der Waals surface area contributed by atoms with Crippen molar-refractivity contribution < 1.29 is 14.4 Å². The first-order chi connectivity index (χ1) is 6.25. The molecular weight excluding hydrogens is 168 g/mol. The molecule has 1 aliphatic rings. The second-order valence-electron chi connectivity index (χ2n) is 2.82. The van der Waals surface area contributed by atoms with Crippen molar-refractivity contribution in [1.29, 1.82) is 0 Å². The van der Waals surface area contributed by atoms with Gasteiger partial charge >= 0.3 is 0 Å². The van der Waals surface area contributed by atoms with Crippen molar-refractivity contribution in [1.82, 2.24) is 0 Å². The minimum atomic E-state index is -1.22. The summed E-state index contributed by atoms with van der Waals surface area (Å²) in [5.41, 5.74) is 0.668. The third-order valence-corrected chi connectivity index (χ3v) is 2.10. The van der Waals surface area contributed by atoms with E-state index in [1.807, 2.05) is 0 Å². The van der Waals surface area contributed by atoms with Gasteiger partial charge in [-0.1, -0.05) is 24.3 Å². The van der Waals surface area contributed by atoms with Gasteiger partial charge in [0.2, 0.25) is 6.29 Å². The molecule has 1 radical (unpaired) electrons. The van der Waals surface area contributed by atoms with E-state index in [1.165, 1.54) is 6.29 Å². The Hall–Kier alpha value is -1.77. The summed E-state index contributed by atoms with van der Waals surface area (Å²) in [5, 5.41) is 0. The molecule has 0 aromatic heterocycles. The van der Waals surface area contributed by atoms with Gasteiger partial charge in [0.15, 0.2) is 17.5 Å². The molecule has 0 saturated heterocycles. The fourth-order valence-corrected chi connectivity index (χ4v) is 1.45. The van der Waals surface area contributed by atoms with Crippen LogP contribution < -0.4 is 0 Å². The normalized spacial score (nSPS) is 16.0. The van der Waals surface area contributed by atoms with Gasteiger partial charge in [0, 0.05) is 11.1 Å². The summed E-state index contributed by atoms with van der Waals surface area (Å²) in [5.74, 6) is -2.09. The maximum Gasteiger partial charge on any atom is 0.218 e. The highest BCUT2D eigenvalue weighted by atomic mass is 16.2. The van der Waals surface area contributed by atoms with Gasteiger partial charge in [0.25, 0.3) is 0 Å². The lowest BCUT2D eigenvalue weighted by Gasteiger charge is -1.90. The summed E-state index contributed by atoms with van der Waals surface area (Å²) in [6.07, 6.45) is 1.46. The van der Waals surface area contributed by atoms with Crippen LogP contribution in [0, 0.1) is 5.92 Å². The lowest BCUT2D eigenvalue weighted by molar-refractivity contribution is 0.0882. The van der Waals surface area contributed by atoms with Crippen LogP contribution in [0.2, 0.25) is 0 Å². The third kappa shape index (κ3) is 0.935. The molecule has 63 valence electrons. The number of ketones is 2. The maximum absolute atomic E-state index is 11.4. The van der Waals surface area contributed by atoms with Crippen LogP contribution in [0.1, 0.15) is 20.7 Å². The molecule has 0 aliphatic heterocycles. The summed E-state index contributed by atoms with van der Waals surface area (Å²) in [6.45, 7) is 0. The quantitative estimate of drug-likeness (QED) is 0.590. The number of Topliss-reactive ketones (excluding diaryl/α,β-unsaturated/α-hetero) is 2. The summed E-state index contributed by atoms with van der Waals surface area (Å²) in [4.78, 5) is 33.0. The van der Waals surface area contributed by atoms with Crippen LogP contribution in [0.15, 0.2) is 24.3 Å². The van der Waals surface area contributed by atoms with Crippen LogP contribution in [-0.4, -0.2) is 17.9 Å². The van der Waals surface area contributed by atoms with Crippen LogP contribution in [0.25, 0.3) is 0 Å². The molecule has 0 saturated carbocycles. The predicted molar refractivity (Wildman–Crippen MR) is 44.3 cm³/mol. The Labute approximate surface area is 74.4 Å². The average Bonchev–Trinajstić information content (AvgIpc) is 2.41.